The average molecular weight is 457 g/mol. The quantitative estimate of drug-likeness (QED) is 0.624. The van der Waals surface area contributed by atoms with Gasteiger partial charge in [-0.05, 0) is 62.1 Å². The number of alkyl halides is 3. The Morgan fingerprint density at radius 2 is 1.91 bits per heavy atom. The van der Waals surface area contributed by atoms with E-state index >= 15 is 0 Å². The van der Waals surface area contributed by atoms with Gasteiger partial charge >= 0.3 is 6.18 Å². The van der Waals surface area contributed by atoms with Crippen molar-refractivity contribution in [2.45, 2.75) is 57.7 Å². The van der Waals surface area contributed by atoms with Crippen LogP contribution in [0.15, 0.2) is 30.3 Å². The van der Waals surface area contributed by atoms with Crippen LogP contribution in [0.1, 0.15) is 65.1 Å². The lowest BCUT2D eigenvalue weighted by Crippen LogP contribution is -2.45. The van der Waals surface area contributed by atoms with Gasteiger partial charge in [-0.2, -0.15) is 18.3 Å². The lowest BCUT2D eigenvalue weighted by Gasteiger charge is -2.41. The van der Waals surface area contributed by atoms with Crippen molar-refractivity contribution in [1.82, 2.24) is 20.1 Å². The van der Waals surface area contributed by atoms with Crippen molar-refractivity contribution in [2.75, 3.05) is 5.73 Å². The van der Waals surface area contributed by atoms with Crippen LogP contribution in [0, 0.1) is 0 Å². The minimum absolute atomic E-state index is 0.00844. The molecule has 2 aromatic heterocycles. The first kappa shape index (κ1) is 21.6. The molecule has 1 aliphatic carbocycles. The zero-order chi connectivity index (χ0) is 23.3. The zero-order valence-corrected chi connectivity index (χ0v) is 17.9. The molecule has 172 valence electrons. The summed E-state index contributed by atoms with van der Waals surface area (Å²) in [6, 6.07) is 6.91. The van der Waals surface area contributed by atoms with Crippen LogP contribution in [-0.2, 0) is 24.1 Å². The highest BCUT2D eigenvalue weighted by Gasteiger charge is 2.36. The molecule has 1 aliphatic heterocycles. The molecule has 2 N–H and O–H groups in total. The summed E-state index contributed by atoms with van der Waals surface area (Å²) in [5.41, 5.74) is 8.23. The lowest BCUT2D eigenvalue weighted by molar-refractivity contribution is -0.141. The third-order valence-electron chi connectivity index (χ3n) is 6.50. The number of hydrogen-bond acceptors (Lipinski definition) is 6. The van der Waals surface area contributed by atoms with Gasteiger partial charge in [0.1, 0.15) is 5.82 Å². The summed E-state index contributed by atoms with van der Waals surface area (Å²) in [5.74, 6) is 0.222. The van der Waals surface area contributed by atoms with Crippen LogP contribution in [0.3, 0.4) is 0 Å². The summed E-state index contributed by atoms with van der Waals surface area (Å²) in [4.78, 5) is 19.8. The maximum atomic E-state index is 13.7. The molecule has 33 heavy (non-hydrogen) atoms. The Kier molecular flexibility index (Phi) is 5.19. The van der Waals surface area contributed by atoms with E-state index in [1.54, 1.807) is 30.0 Å². The fourth-order valence-electron chi connectivity index (χ4n) is 4.43. The van der Waals surface area contributed by atoms with Crippen molar-refractivity contribution in [3.63, 3.8) is 0 Å². The number of aromatic nitrogens is 3. The number of carbonyl (C=O) groups is 1. The molecule has 1 aromatic carbocycles. The second kappa shape index (κ2) is 7.95. The number of benzene rings is 1. The third kappa shape index (κ3) is 3.78. The number of ether oxygens (including phenoxy) is 1. The molecule has 2 aliphatic rings. The standard InChI is InChI=1S/C23H22F3N5O2/c1-12(18-7-8-20(30-29-18)23(24,25)26)31(14-3-2-4-14)22(32)13-5-6-19-15(9-13)16-10-33-11-17(16)21(27)28-19/h5-9,12,14H,2-4,10-11H2,1H3,(H2,27,28). The molecule has 10 heteroatoms. The van der Waals surface area contributed by atoms with E-state index in [0.29, 0.717) is 35.8 Å². The zero-order valence-electron chi connectivity index (χ0n) is 17.9. The number of amides is 1. The Morgan fingerprint density at radius 1 is 1.15 bits per heavy atom. The van der Waals surface area contributed by atoms with Crippen molar-refractivity contribution < 1.29 is 22.7 Å². The number of pyridine rings is 1. The Morgan fingerprint density at radius 3 is 2.55 bits per heavy atom. The SMILES string of the molecule is CC(c1ccc(C(F)(F)F)nn1)N(C(=O)c1ccc2nc(N)c3c(c2c1)COC3)C1CCC1. The number of carbonyl (C=O) groups excluding carboxylic acids is 1. The van der Waals surface area contributed by atoms with Crippen LogP contribution in [0.4, 0.5) is 19.0 Å². The molecule has 1 unspecified atom stereocenters. The molecule has 0 saturated heterocycles. The molecule has 1 atom stereocenters. The minimum atomic E-state index is -4.56. The number of anilines is 1. The van der Waals surface area contributed by atoms with Crippen LogP contribution >= 0.6 is 0 Å². The topological polar surface area (TPSA) is 94.2 Å². The molecule has 3 aromatic rings. The highest BCUT2D eigenvalue weighted by molar-refractivity contribution is 5.99. The molecule has 1 saturated carbocycles. The largest absolute Gasteiger partial charge is 0.435 e. The summed E-state index contributed by atoms with van der Waals surface area (Å²) in [6.07, 6.45) is -1.91. The minimum Gasteiger partial charge on any atom is -0.383 e. The molecular formula is C23H22F3N5O2. The van der Waals surface area contributed by atoms with Gasteiger partial charge in [-0.3, -0.25) is 4.79 Å². The number of fused-ring (bicyclic) bond motifs is 3. The molecule has 0 bridgehead atoms. The molecule has 0 radical (unpaired) electrons. The van der Waals surface area contributed by atoms with E-state index in [1.807, 2.05) is 0 Å². The van der Waals surface area contributed by atoms with E-state index in [1.165, 1.54) is 6.07 Å². The van der Waals surface area contributed by atoms with Crippen LogP contribution in [0.2, 0.25) is 0 Å². The van der Waals surface area contributed by atoms with E-state index in [-0.39, 0.29) is 11.9 Å². The normalized spacial score (nSPS) is 17.0. The van der Waals surface area contributed by atoms with E-state index in [9.17, 15) is 18.0 Å². The van der Waals surface area contributed by atoms with Gasteiger partial charge in [-0.25, -0.2) is 4.98 Å². The van der Waals surface area contributed by atoms with Crippen molar-refractivity contribution in [2.24, 2.45) is 0 Å². The Bertz CT molecular complexity index is 1230. The molecule has 0 spiro atoms. The van der Waals surface area contributed by atoms with Gasteiger partial charge in [0.05, 0.1) is 30.5 Å². The lowest BCUT2D eigenvalue weighted by atomic mass is 9.89. The molecule has 7 nitrogen and oxygen atoms in total. The first-order valence-corrected chi connectivity index (χ1v) is 10.8. The summed E-state index contributed by atoms with van der Waals surface area (Å²) in [6.45, 7) is 2.56. The van der Waals surface area contributed by atoms with Crippen molar-refractivity contribution in [3.05, 3.63) is 58.4 Å². The number of hydrogen-bond donors (Lipinski definition) is 1. The van der Waals surface area contributed by atoms with Gasteiger partial charge in [0, 0.05) is 22.6 Å². The third-order valence-corrected chi connectivity index (χ3v) is 6.50. The monoisotopic (exact) mass is 457 g/mol. The highest BCUT2D eigenvalue weighted by Crippen LogP contribution is 2.36. The first-order chi connectivity index (χ1) is 15.7. The summed E-state index contributed by atoms with van der Waals surface area (Å²) < 4.78 is 44.2. The summed E-state index contributed by atoms with van der Waals surface area (Å²) >= 11 is 0. The predicted molar refractivity (Wildman–Crippen MR) is 114 cm³/mol. The van der Waals surface area contributed by atoms with Crippen LogP contribution in [0.25, 0.3) is 10.9 Å². The van der Waals surface area contributed by atoms with Crippen molar-refractivity contribution in [3.8, 4) is 0 Å². The number of nitrogens with two attached hydrogens (primary N) is 1. The van der Waals surface area contributed by atoms with Crippen LogP contribution < -0.4 is 5.73 Å². The van der Waals surface area contributed by atoms with Gasteiger partial charge in [0.25, 0.3) is 5.91 Å². The van der Waals surface area contributed by atoms with Gasteiger partial charge in [-0.1, -0.05) is 0 Å². The van der Waals surface area contributed by atoms with Crippen molar-refractivity contribution in [1.29, 1.82) is 0 Å². The highest BCUT2D eigenvalue weighted by atomic mass is 19.4. The van der Waals surface area contributed by atoms with Gasteiger partial charge < -0.3 is 15.4 Å². The fraction of sp³-hybridized carbons (Fsp3) is 0.391. The first-order valence-electron chi connectivity index (χ1n) is 10.8. The molecule has 1 fully saturated rings. The Hall–Kier alpha value is -3.27. The maximum absolute atomic E-state index is 13.7. The van der Waals surface area contributed by atoms with E-state index in [2.05, 4.69) is 15.2 Å². The second-order valence-corrected chi connectivity index (χ2v) is 8.49. The molecule has 3 heterocycles. The Labute approximate surface area is 187 Å². The maximum Gasteiger partial charge on any atom is 0.435 e. The van der Waals surface area contributed by atoms with Crippen LogP contribution in [0.5, 0.6) is 0 Å². The second-order valence-electron chi connectivity index (χ2n) is 8.49. The fourth-order valence-corrected chi connectivity index (χ4v) is 4.43. The van der Waals surface area contributed by atoms with Gasteiger partial charge in [0.2, 0.25) is 0 Å². The van der Waals surface area contributed by atoms with Gasteiger partial charge in [-0.15, -0.1) is 5.10 Å². The smallest absolute Gasteiger partial charge is 0.383 e. The number of rotatable bonds is 4. The van der Waals surface area contributed by atoms with Crippen molar-refractivity contribution >= 4 is 22.6 Å². The summed E-state index contributed by atoms with van der Waals surface area (Å²) in [7, 11) is 0. The molecular weight excluding hydrogens is 435 g/mol. The van der Waals surface area contributed by atoms with E-state index < -0.39 is 17.9 Å². The molecule has 1 amide bonds. The Balaban J connectivity index is 1.50. The van der Waals surface area contributed by atoms with Gasteiger partial charge in [0.15, 0.2) is 5.69 Å². The summed E-state index contributed by atoms with van der Waals surface area (Å²) in [5, 5.41) is 7.93. The van der Waals surface area contributed by atoms with Crippen LogP contribution in [-0.4, -0.2) is 32.0 Å². The number of halogens is 3. The van der Waals surface area contributed by atoms with E-state index in [0.717, 1.165) is 41.8 Å². The number of nitrogens with zero attached hydrogens (tertiary/aromatic N) is 4. The average Bonchev–Trinajstić information content (AvgIpc) is 3.26. The number of nitrogen functional groups attached to an aromatic ring is 1. The predicted octanol–water partition coefficient (Wildman–Crippen LogP) is 4.41. The molecule has 5 rings (SSSR count). The van der Waals surface area contributed by atoms with E-state index in [4.69, 9.17) is 10.5 Å².